The van der Waals surface area contributed by atoms with E-state index in [1.807, 2.05) is 0 Å². The van der Waals surface area contributed by atoms with Crippen LogP contribution in [-0.2, 0) is 14.9 Å². The average molecular weight is 293 g/mol. The fraction of sp³-hybridized carbons (Fsp3) is 0.300. The molecule has 0 saturated carbocycles. The third kappa shape index (κ3) is 3.96. The van der Waals surface area contributed by atoms with Crippen LogP contribution in [0.25, 0.3) is 0 Å². The molecule has 0 spiro atoms. The molecule has 2 N–H and O–H groups in total. The summed E-state index contributed by atoms with van der Waals surface area (Å²) in [6.45, 7) is -1.38. The number of aliphatic hydroxyl groups excluding tert-OH is 2. The first-order valence-corrected chi connectivity index (χ1v) is 6.39. The lowest BCUT2D eigenvalue weighted by atomic mass is 10.2. The number of halogens is 1. The Kier molecular flexibility index (Phi) is 4.95. The van der Waals surface area contributed by atoms with Gasteiger partial charge in [-0.15, -0.1) is 0 Å². The van der Waals surface area contributed by atoms with Gasteiger partial charge in [-0.3, -0.25) is 4.79 Å². The van der Waals surface area contributed by atoms with Gasteiger partial charge in [0.15, 0.2) is 11.6 Å². The molecule has 1 aromatic carbocycles. The van der Waals surface area contributed by atoms with Crippen molar-refractivity contribution in [1.29, 1.82) is 0 Å². The van der Waals surface area contributed by atoms with Gasteiger partial charge in [0.05, 0.1) is 18.1 Å². The van der Waals surface area contributed by atoms with Gasteiger partial charge in [0, 0.05) is 0 Å². The molecule has 0 aliphatic rings. The second-order valence-corrected chi connectivity index (χ2v) is 4.91. The number of hydrogen-bond donors (Lipinski definition) is 2. The van der Waals surface area contributed by atoms with Crippen molar-refractivity contribution in [1.82, 2.24) is 0 Å². The van der Waals surface area contributed by atoms with Crippen LogP contribution in [0, 0.1) is 11.7 Å². The first kappa shape index (κ1) is 15.5. The molecule has 1 aromatic rings. The van der Waals surface area contributed by atoms with Gasteiger partial charge in [-0.1, -0.05) is 0 Å². The molecule has 0 radical (unpaired) electrons. The van der Waals surface area contributed by atoms with Crippen molar-refractivity contribution in [3.63, 3.8) is 0 Å². The van der Waals surface area contributed by atoms with Crippen LogP contribution in [0.4, 0.5) is 4.39 Å². The van der Waals surface area contributed by atoms with Crippen LogP contribution >= 0.6 is 0 Å². The zero-order chi connectivity index (χ0) is 14.6. The highest BCUT2D eigenvalue weighted by atomic mass is 32.2. The zero-order valence-electron chi connectivity index (χ0n) is 9.45. The minimum atomic E-state index is -4.81. The van der Waals surface area contributed by atoms with Gasteiger partial charge in [0.2, 0.25) is 0 Å². The third-order valence-electron chi connectivity index (χ3n) is 2.18. The van der Waals surface area contributed by atoms with Gasteiger partial charge in [0.1, 0.15) is 16.0 Å². The van der Waals surface area contributed by atoms with Crippen LogP contribution in [0.15, 0.2) is 23.1 Å². The first-order chi connectivity index (χ1) is 8.79. The predicted octanol–water partition coefficient (Wildman–Crippen LogP) is -0.764. The summed E-state index contributed by atoms with van der Waals surface area (Å²) >= 11 is 0. The molecule has 0 aromatic heterocycles. The Bertz CT molecular complexity index is 565. The quantitative estimate of drug-likeness (QED) is 0.415. The minimum Gasteiger partial charge on any atom is -0.744 e. The summed E-state index contributed by atoms with van der Waals surface area (Å²) in [5, 5.41) is 17.4. The van der Waals surface area contributed by atoms with Crippen molar-refractivity contribution >= 4 is 16.1 Å². The number of rotatable bonds is 5. The van der Waals surface area contributed by atoms with Gasteiger partial charge in [-0.25, -0.2) is 12.8 Å². The normalized spacial score (nSPS) is 11.6. The second-order valence-electron chi connectivity index (χ2n) is 3.53. The minimum absolute atomic E-state index is 0.415. The number of carbonyl (C=O) groups excluding carboxylic acids is 1. The maximum absolute atomic E-state index is 13.4. The maximum atomic E-state index is 13.4. The highest BCUT2D eigenvalue weighted by Gasteiger charge is 2.20. The number of carbonyl (C=O) groups is 1. The summed E-state index contributed by atoms with van der Waals surface area (Å²) in [5.41, 5.74) is 0. The Balaban J connectivity index is 2.96. The van der Waals surface area contributed by atoms with Crippen LogP contribution < -0.4 is 4.74 Å². The molecule has 9 heteroatoms. The van der Waals surface area contributed by atoms with E-state index < -0.39 is 51.7 Å². The molecule has 0 heterocycles. The molecule has 0 atom stereocenters. The summed E-state index contributed by atoms with van der Waals surface area (Å²) in [6, 6.07) is 1.99. The van der Waals surface area contributed by atoms with Crippen LogP contribution in [0.2, 0.25) is 0 Å². The lowest BCUT2D eigenvalue weighted by molar-refractivity contribution is -0.141. The van der Waals surface area contributed by atoms with Crippen LogP contribution in [0.3, 0.4) is 0 Å². The Morgan fingerprint density at radius 2 is 1.95 bits per heavy atom. The van der Waals surface area contributed by atoms with E-state index in [2.05, 4.69) is 4.74 Å². The number of benzene rings is 1. The number of esters is 1. The number of ether oxygens (including phenoxy) is 1. The summed E-state index contributed by atoms with van der Waals surface area (Å²) in [6.07, 6.45) is 0. The SMILES string of the molecule is O=C(Oc1ccc(S(=O)(=O)[O-])cc1F)C(CO)CO. The van der Waals surface area contributed by atoms with E-state index >= 15 is 0 Å². The largest absolute Gasteiger partial charge is 0.744 e. The Labute approximate surface area is 108 Å². The van der Waals surface area contributed by atoms with E-state index in [9.17, 15) is 22.2 Å². The Morgan fingerprint density at radius 1 is 1.37 bits per heavy atom. The Morgan fingerprint density at radius 3 is 2.37 bits per heavy atom. The molecule has 0 unspecified atom stereocenters. The summed E-state index contributed by atoms with van der Waals surface area (Å²) in [4.78, 5) is 10.5. The summed E-state index contributed by atoms with van der Waals surface area (Å²) < 4.78 is 49.8. The molecular weight excluding hydrogens is 283 g/mol. The average Bonchev–Trinajstić information content (AvgIpc) is 2.32. The van der Waals surface area contributed by atoms with E-state index in [0.717, 1.165) is 12.1 Å². The predicted molar refractivity (Wildman–Crippen MR) is 57.7 cm³/mol. The van der Waals surface area contributed by atoms with E-state index in [0.29, 0.717) is 6.07 Å². The van der Waals surface area contributed by atoms with E-state index in [1.54, 1.807) is 0 Å². The molecule has 0 saturated heterocycles. The summed E-state index contributed by atoms with van der Waals surface area (Å²) in [5.74, 6) is -4.15. The molecule has 0 aliphatic heterocycles. The topological polar surface area (TPSA) is 124 Å². The molecule has 0 fully saturated rings. The van der Waals surface area contributed by atoms with Gasteiger partial charge >= 0.3 is 5.97 Å². The van der Waals surface area contributed by atoms with Crippen molar-refractivity contribution in [2.75, 3.05) is 13.2 Å². The van der Waals surface area contributed by atoms with E-state index in [1.165, 1.54) is 0 Å². The lowest BCUT2D eigenvalue weighted by Gasteiger charge is -2.12. The fourth-order valence-corrected chi connectivity index (χ4v) is 1.60. The zero-order valence-corrected chi connectivity index (χ0v) is 10.3. The molecule has 0 amide bonds. The molecule has 0 bridgehead atoms. The van der Waals surface area contributed by atoms with Crippen LogP contribution in [-0.4, -0.2) is 42.4 Å². The Hall–Kier alpha value is -1.55. The summed E-state index contributed by atoms with van der Waals surface area (Å²) in [7, 11) is -4.81. The van der Waals surface area contributed by atoms with Crippen LogP contribution in [0.5, 0.6) is 5.75 Å². The molecule has 1 rings (SSSR count). The first-order valence-electron chi connectivity index (χ1n) is 4.98. The highest BCUT2D eigenvalue weighted by molar-refractivity contribution is 7.85. The monoisotopic (exact) mass is 293 g/mol. The van der Waals surface area contributed by atoms with Gasteiger partial charge in [-0.2, -0.15) is 0 Å². The third-order valence-corrected chi connectivity index (χ3v) is 3.01. The highest BCUT2D eigenvalue weighted by Crippen LogP contribution is 2.21. The number of hydrogen-bond acceptors (Lipinski definition) is 7. The standard InChI is InChI=1S/C10H11FO7S/c11-8-3-7(19(15,16)17)1-2-9(8)18-10(14)6(4-12)5-13/h1-3,6,12-13H,4-5H2,(H,15,16,17)/p-1. The van der Waals surface area contributed by atoms with E-state index in [-0.39, 0.29) is 0 Å². The smallest absolute Gasteiger partial charge is 0.319 e. The fourth-order valence-electron chi connectivity index (χ4n) is 1.12. The molecule has 19 heavy (non-hydrogen) atoms. The van der Waals surface area contributed by atoms with Crippen molar-refractivity contribution in [3.05, 3.63) is 24.0 Å². The van der Waals surface area contributed by atoms with Crippen molar-refractivity contribution in [2.24, 2.45) is 5.92 Å². The number of aliphatic hydroxyl groups is 2. The van der Waals surface area contributed by atoms with Gasteiger partial charge < -0.3 is 19.5 Å². The second kappa shape index (κ2) is 6.06. The van der Waals surface area contributed by atoms with E-state index in [4.69, 9.17) is 10.2 Å². The molecular formula is C10H10FO7S-. The molecule has 106 valence electrons. The molecule has 0 aliphatic carbocycles. The maximum Gasteiger partial charge on any atom is 0.319 e. The van der Waals surface area contributed by atoms with Gasteiger partial charge in [-0.05, 0) is 18.2 Å². The molecule has 7 nitrogen and oxygen atoms in total. The van der Waals surface area contributed by atoms with Crippen LogP contribution in [0.1, 0.15) is 0 Å². The van der Waals surface area contributed by atoms with Crippen molar-refractivity contribution in [2.45, 2.75) is 4.90 Å². The van der Waals surface area contributed by atoms with Crippen molar-refractivity contribution < 1.29 is 37.1 Å². The lowest BCUT2D eigenvalue weighted by Crippen LogP contribution is -2.27. The van der Waals surface area contributed by atoms with Crippen molar-refractivity contribution in [3.8, 4) is 5.75 Å². The van der Waals surface area contributed by atoms with Gasteiger partial charge in [0.25, 0.3) is 0 Å².